The highest BCUT2D eigenvalue weighted by molar-refractivity contribution is 9.10. The van der Waals surface area contributed by atoms with Gasteiger partial charge in [0.05, 0.1) is 0 Å². The molecule has 1 aliphatic carbocycles. The van der Waals surface area contributed by atoms with E-state index in [-0.39, 0.29) is 5.41 Å². The average molecular weight is 305 g/mol. The van der Waals surface area contributed by atoms with Gasteiger partial charge < -0.3 is 0 Å². The van der Waals surface area contributed by atoms with Gasteiger partial charge in [-0.05, 0) is 24.5 Å². The summed E-state index contributed by atoms with van der Waals surface area (Å²) >= 11 is 3.48. The van der Waals surface area contributed by atoms with Gasteiger partial charge in [-0.3, -0.25) is 0 Å². The second-order valence-corrected chi connectivity index (χ2v) is 6.36. The number of nitrogens with two attached hydrogens (primary N) is 1. The molecule has 0 amide bonds. The Morgan fingerprint density at radius 1 is 1.38 bits per heavy atom. The predicted molar refractivity (Wildman–Crippen MR) is 66.2 cm³/mol. The van der Waals surface area contributed by atoms with Gasteiger partial charge >= 0.3 is 0 Å². The number of halogens is 1. The van der Waals surface area contributed by atoms with Crippen molar-refractivity contribution in [3.8, 4) is 0 Å². The van der Waals surface area contributed by atoms with Crippen molar-refractivity contribution in [2.24, 2.45) is 5.14 Å². The first-order valence-corrected chi connectivity index (χ1v) is 7.29. The lowest BCUT2D eigenvalue weighted by atomic mass is 9.96. The quantitative estimate of drug-likeness (QED) is 0.879. The maximum atomic E-state index is 10.9. The molecule has 16 heavy (non-hydrogen) atoms. The van der Waals surface area contributed by atoms with Crippen molar-refractivity contribution in [2.45, 2.75) is 18.3 Å². The standard InChI is InChI=1S/C10H13BrN2O2S/c11-9-4-2-1-3-8(9)10(5-6-10)7-13-16(12,14)15/h1-4,13H,5-7H2,(H2,12,14,15). The van der Waals surface area contributed by atoms with Gasteiger partial charge in [0.15, 0.2) is 0 Å². The molecule has 2 rings (SSSR count). The second kappa shape index (κ2) is 4.10. The summed E-state index contributed by atoms with van der Waals surface area (Å²) in [6.45, 7) is 0.369. The van der Waals surface area contributed by atoms with Gasteiger partial charge in [-0.15, -0.1) is 0 Å². The lowest BCUT2D eigenvalue weighted by molar-refractivity contribution is 0.568. The zero-order valence-corrected chi connectivity index (χ0v) is 11.0. The minimum atomic E-state index is -3.60. The fraction of sp³-hybridized carbons (Fsp3) is 0.400. The largest absolute Gasteiger partial charge is 0.274 e. The monoisotopic (exact) mass is 304 g/mol. The number of hydrogen-bond donors (Lipinski definition) is 2. The maximum absolute atomic E-state index is 10.9. The molecule has 0 atom stereocenters. The second-order valence-electron chi connectivity index (χ2n) is 4.13. The van der Waals surface area contributed by atoms with Crippen LogP contribution in [0.4, 0.5) is 0 Å². The SMILES string of the molecule is NS(=O)(=O)NCC1(c2ccccc2Br)CC1. The molecule has 0 aromatic heterocycles. The minimum absolute atomic E-state index is 0.0769. The van der Waals surface area contributed by atoms with Crippen molar-refractivity contribution < 1.29 is 8.42 Å². The van der Waals surface area contributed by atoms with Crippen molar-refractivity contribution in [1.29, 1.82) is 0 Å². The van der Waals surface area contributed by atoms with Crippen LogP contribution >= 0.6 is 15.9 Å². The first-order valence-electron chi connectivity index (χ1n) is 4.95. The van der Waals surface area contributed by atoms with Gasteiger partial charge in [-0.25, -0.2) is 9.86 Å². The molecule has 1 aromatic carbocycles. The van der Waals surface area contributed by atoms with E-state index in [9.17, 15) is 8.42 Å². The zero-order chi connectivity index (χ0) is 11.8. The third-order valence-corrected chi connectivity index (χ3v) is 4.15. The molecule has 1 fully saturated rings. The molecular weight excluding hydrogens is 292 g/mol. The molecule has 0 radical (unpaired) electrons. The minimum Gasteiger partial charge on any atom is -0.216 e. The van der Waals surface area contributed by atoms with Crippen LogP contribution in [-0.4, -0.2) is 15.0 Å². The van der Waals surface area contributed by atoms with E-state index < -0.39 is 10.2 Å². The Balaban J connectivity index is 2.18. The summed E-state index contributed by atoms with van der Waals surface area (Å²) in [5, 5.41) is 4.94. The third-order valence-electron chi connectivity index (χ3n) is 2.91. The van der Waals surface area contributed by atoms with Crippen molar-refractivity contribution in [3.63, 3.8) is 0 Å². The molecule has 1 aromatic rings. The summed E-state index contributed by atoms with van der Waals surface area (Å²) in [7, 11) is -3.60. The summed E-state index contributed by atoms with van der Waals surface area (Å²) in [6.07, 6.45) is 1.97. The summed E-state index contributed by atoms with van der Waals surface area (Å²) in [5.41, 5.74) is 1.07. The lowest BCUT2D eigenvalue weighted by Gasteiger charge is -2.17. The van der Waals surface area contributed by atoms with E-state index >= 15 is 0 Å². The van der Waals surface area contributed by atoms with Crippen LogP contribution in [0.3, 0.4) is 0 Å². The molecule has 0 aliphatic heterocycles. The smallest absolute Gasteiger partial charge is 0.216 e. The van der Waals surface area contributed by atoms with Crippen LogP contribution in [0.5, 0.6) is 0 Å². The first kappa shape index (κ1) is 12.0. The van der Waals surface area contributed by atoms with Gasteiger partial charge in [0.25, 0.3) is 10.2 Å². The van der Waals surface area contributed by atoms with E-state index in [2.05, 4.69) is 20.7 Å². The van der Waals surface area contributed by atoms with E-state index in [0.717, 1.165) is 22.9 Å². The topological polar surface area (TPSA) is 72.2 Å². The van der Waals surface area contributed by atoms with E-state index in [1.165, 1.54) is 0 Å². The van der Waals surface area contributed by atoms with Crippen LogP contribution in [0.15, 0.2) is 28.7 Å². The third kappa shape index (κ3) is 2.63. The first-order chi connectivity index (χ1) is 7.43. The molecule has 4 nitrogen and oxygen atoms in total. The van der Waals surface area contributed by atoms with Crippen molar-refractivity contribution in [3.05, 3.63) is 34.3 Å². The number of rotatable bonds is 4. The van der Waals surface area contributed by atoms with Crippen molar-refractivity contribution >= 4 is 26.1 Å². The Kier molecular flexibility index (Phi) is 3.09. The Labute approximate surface area is 104 Å². The molecule has 0 bridgehead atoms. The van der Waals surface area contributed by atoms with Gasteiger partial charge in [-0.2, -0.15) is 8.42 Å². The highest BCUT2D eigenvalue weighted by Crippen LogP contribution is 2.49. The Bertz CT molecular complexity index is 497. The van der Waals surface area contributed by atoms with Gasteiger partial charge in [0, 0.05) is 16.4 Å². The highest BCUT2D eigenvalue weighted by atomic mass is 79.9. The van der Waals surface area contributed by atoms with Gasteiger partial charge in [-0.1, -0.05) is 34.1 Å². The number of benzene rings is 1. The van der Waals surface area contributed by atoms with Crippen LogP contribution in [0, 0.1) is 0 Å². The maximum Gasteiger partial charge on any atom is 0.274 e. The number of nitrogens with one attached hydrogen (secondary N) is 1. The van der Waals surface area contributed by atoms with Gasteiger partial charge in [0.2, 0.25) is 0 Å². The van der Waals surface area contributed by atoms with Crippen molar-refractivity contribution in [1.82, 2.24) is 4.72 Å². The van der Waals surface area contributed by atoms with E-state index in [4.69, 9.17) is 5.14 Å². The molecule has 0 spiro atoms. The Morgan fingerprint density at radius 3 is 2.50 bits per heavy atom. The molecule has 6 heteroatoms. The Hall–Kier alpha value is -0.430. The highest BCUT2D eigenvalue weighted by Gasteiger charge is 2.45. The molecule has 3 N–H and O–H groups in total. The van der Waals surface area contributed by atoms with Crippen LogP contribution in [0.1, 0.15) is 18.4 Å². The average Bonchev–Trinajstić information content (AvgIpc) is 2.96. The molecule has 1 saturated carbocycles. The van der Waals surface area contributed by atoms with E-state index in [1.807, 2.05) is 24.3 Å². The van der Waals surface area contributed by atoms with E-state index in [1.54, 1.807) is 0 Å². The predicted octanol–water partition coefficient (Wildman–Crippen LogP) is 1.27. The fourth-order valence-corrected chi connectivity index (χ4v) is 3.01. The van der Waals surface area contributed by atoms with E-state index in [0.29, 0.717) is 6.54 Å². The van der Waals surface area contributed by atoms with Crippen molar-refractivity contribution in [2.75, 3.05) is 6.54 Å². The molecular formula is C10H13BrN2O2S. The molecule has 88 valence electrons. The summed E-state index contributed by atoms with van der Waals surface area (Å²) in [4.78, 5) is 0. The zero-order valence-electron chi connectivity index (χ0n) is 8.61. The summed E-state index contributed by atoms with van der Waals surface area (Å²) < 4.78 is 25.2. The van der Waals surface area contributed by atoms with Crippen LogP contribution < -0.4 is 9.86 Å². The normalized spacial score (nSPS) is 18.4. The van der Waals surface area contributed by atoms with Crippen LogP contribution in [0.25, 0.3) is 0 Å². The molecule has 1 aliphatic rings. The molecule has 0 saturated heterocycles. The molecule has 0 unspecified atom stereocenters. The van der Waals surface area contributed by atoms with Crippen LogP contribution in [-0.2, 0) is 15.6 Å². The van der Waals surface area contributed by atoms with Crippen LogP contribution in [0.2, 0.25) is 0 Å². The summed E-state index contributed by atoms with van der Waals surface area (Å²) in [6, 6.07) is 7.88. The molecule has 0 heterocycles. The lowest BCUT2D eigenvalue weighted by Crippen LogP contribution is -2.36. The van der Waals surface area contributed by atoms with Gasteiger partial charge in [0.1, 0.15) is 0 Å². The Morgan fingerprint density at radius 2 is 2.00 bits per heavy atom. The number of hydrogen-bond acceptors (Lipinski definition) is 2. The summed E-state index contributed by atoms with van der Waals surface area (Å²) in [5.74, 6) is 0. The fourth-order valence-electron chi connectivity index (χ4n) is 1.82.